The molecule has 0 aliphatic heterocycles. The molecule has 18 heavy (non-hydrogen) atoms. The molecule has 0 heterocycles. The van der Waals surface area contributed by atoms with Crippen molar-refractivity contribution in [1.29, 1.82) is 0 Å². The summed E-state index contributed by atoms with van der Waals surface area (Å²) in [7, 11) is 6.08. The van der Waals surface area contributed by atoms with E-state index in [9.17, 15) is 4.79 Å². The highest BCUT2D eigenvalue weighted by atomic mass is 35.5. The minimum Gasteiger partial charge on any atom is -0.478 e. The Balaban J connectivity index is 2.64. The normalized spacial score (nSPS) is 11.2. The molecule has 0 spiro atoms. The predicted molar refractivity (Wildman–Crippen MR) is 73.3 cm³/mol. The zero-order valence-electron chi connectivity index (χ0n) is 11.0. The van der Waals surface area contributed by atoms with Crippen LogP contribution in [0.1, 0.15) is 15.9 Å². The van der Waals surface area contributed by atoms with E-state index in [4.69, 9.17) is 16.7 Å². The van der Waals surface area contributed by atoms with E-state index in [1.165, 1.54) is 6.07 Å². The molecule has 0 fully saturated rings. The maximum atomic E-state index is 10.8. The zero-order chi connectivity index (χ0) is 13.7. The van der Waals surface area contributed by atoms with Crippen LogP contribution in [0.4, 0.5) is 0 Å². The Kier molecular flexibility index (Phi) is 5.59. The number of benzene rings is 1. The quantitative estimate of drug-likeness (QED) is 0.859. The molecule has 0 amide bonds. The summed E-state index contributed by atoms with van der Waals surface area (Å²) in [5.41, 5.74) is 1.17. The third-order valence-electron chi connectivity index (χ3n) is 2.67. The lowest BCUT2D eigenvalue weighted by Crippen LogP contribution is -2.28. The minimum atomic E-state index is -0.954. The maximum Gasteiger partial charge on any atom is 0.335 e. The molecule has 0 saturated carbocycles. The molecule has 4 nitrogen and oxygen atoms in total. The van der Waals surface area contributed by atoms with Gasteiger partial charge in [-0.3, -0.25) is 0 Å². The molecule has 1 rings (SSSR count). The lowest BCUT2D eigenvalue weighted by Gasteiger charge is -2.20. The number of aromatic carboxylic acids is 1. The van der Waals surface area contributed by atoms with Gasteiger partial charge in [0.15, 0.2) is 0 Å². The summed E-state index contributed by atoms with van der Waals surface area (Å²) in [5, 5.41) is 9.36. The van der Waals surface area contributed by atoms with Crippen molar-refractivity contribution in [2.45, 2.75) is 6.54 Å². The third kappa shape index (κ3) is 4.64. The summed E-state index contributed by atoms with van der Waals surface area (Å²) in [5.74, 6) is -0.954. The Bertz CT molecular complexity index is 421. The van der Waals surface area contributed by atoms with Gasteiger partial charge in [-0.15, -0.1) is 0 Å². The van der Waals surface area contributed by atoms with Crippen LogP contribution in [0.5, 0.6) is 0 Å². The van der Waals surface area contributed by atoms with Crippen molar-refractivity contribution < 1.29 is 9.90 Å². The average Bonchev–Trinajstić information content (AvgIpc) is 2.29. The largest absolute Gasteiger partial charge is 0.478 e. The molecular weight excluding hydrogens is 252 g/mol. The van der Waals surface area contributed by atoms with E-state index < -0.39 is 5.97 Å². The first kappa shape index (κ1) is 15.0. The Hall–Kier alpha value is -1.10. The topological polar surface area (TPSA) is 43.8 Å². The number of hydrogen-bond acceptors (Lipinski definition) is 3. The number of likely N-dealkylation sites (N-methyl/N-ethyl adjacent to an activating group) is 2. The van der Waals surface area contributed by atoms with Crippen LogP contribution in [0.25, 0.3) is 0 Å². The van der Waals surface area contributed by atoms with Gasteiger partial charge in [-0.1, -0.05) is 17.7 Å². The zero-order valence-corrected chi connectivity index (χ0v) is 11.7. The van der Waals surface area contributed by atoms with E-state index in [2.05, 4.69) is 9.80 Å². The highest BCUT2D eigenvalue weighted by Gasteiger charge is 2.09. The monoisotopic (exact) mass is 270 g/mol. The highest BCUT2D eigenvalue weighted by molar-refractivity contribution is 6.31. The first-order valence-electron chi connectivity index (χ1n) is 5.75. The second kappa shape index (κ2) is 6.73. The fourth-order valence-corrected chi connectivity index (χ4v) is 1.79. The second-order valence-corrected chi connectivity index (χ2v) is 5.06. The highest BCUT2D eigenvalue weighted by Crippen LogP contribution is 2.19. The minimum absolute atomic E-state index is 0.222. The summed E-state index contributed by atoms with van der Waals surface area (Å²) < 4.78 is 0. The predicted octanol–water partition coefficient (Wildman–Crippen LogP) is 2.03. The summed E-state index contributed by atoms with van der Waals surface area (Å²) in [6, 6.07) is 4.86. The molecule has 0 aliphatic carbocycles. The Morgan fingerprint density at radius 2 is 1.94 bits per heavy atom. The van der Waals surface area contributed by atoms with Crippen molar-refractivity contribution in [3.8, 4) is 0 Å². The van der Waals surface area contributed by atoms with E-state index in [1.54, 1.807) is 12.1 Å². The van der Waals surface area contributed by atoms with E-state index in [-0.39, 0.29) is 5.56 Å². The van der Waals surface area contributed by atoms with Gasteiger partial charge in [-0.25, -0.2) is 4.79 Å². The van der Waals surface area contributed by atoms with Gasteiger partial charge in [0, 0.05) is 24.7 Å². The third-order valence-corrected chi connectivity index (χ3v) is 3.02. The Labute approximate surface area is 113 Å². The number of hydrogen-bond donors (Lipinski definition) is 1. The SMILES string of the molecule is CN(C)CCN(C)Cc1ccc(C(=O)O)cc1Cl. The van der Waals surface area contributed by atoms with Crippen molar-refractivity contribution >= 4 is 17.6 Å². The second-order valence-electron chi connectivity index (χ2n) is 4.65. The molecule has 1 aromatic carbocycles. The number of carboxylic acids is 1. The first-order chi connectivity index (χ1) is 8.40. The summed E-state index contributed by atoms with van der Waals surface area (Å²) in [4.78, 5) is 15.1. The van der Waals surface area contributed by atoms with Crippen LogP contribution >= 0.6 is 11.6 Å². The molecule has 100 valence electrons. The van der Waals surface area contributed by atoms with Gasteiger partial charge in [0.05, 0.1) is 5.56 Å². The Morgan fingerprint density at radius 3 is 2.44 bits per heavy atom. The summed E-state index contributed by atoms with van der Waals surface area (Å²) in [6.45, 7) is 2.62. The number of rotatable bonds is 6. The molecular formula is C13H19ClN2O2. The molecule has 0 bridgehead atoms. The van der Waals surface area contributed by atoms with E-state index in [0.717, 1.165) is 18.7 Å². The summed E-state index contributed by atoms with van der Waals surface area (Å²) in [6.07, 6.45) is 0. The van der Waals surface area contributed by atoms with Crippen molar-refractivity contribution in [1.82, 2.24) is 9.80 Å². The van der Waals surface area contributed by atoms with E-state index in [1.807, 2.05) is 21.1 Å². The van der Waals surface area contributed by atoms with Crippen molar-refractivity contribution in [2.24, 2.45) is 0 Å². The lowest BCUT2D eigenvalue weighted by atomic mass is 10.1. The van der Waals surface area contributed by atoms with Gasteiger partial charge in [0.25, 0.3) is 0 Å². The number of carbonyl (C=O) groups is 1. The summed E-state index contributed by atoms with van der Waals surface area (Å²) >= 11 is 6.08. The Morgan fingerprint density at radius 1 is 1.28 bits per heavy atom. The van der Waals surface area contributed by atoms with Crippen molar-refractivity contribution in [2.75, 3.05) is 34.2 Å². The molecule has 0 atom stereocenters. The number of nitrogens with zero attached hydrogens (tertiary/aromatic N) is 2. The van der Waals surface area contributed by atoms with Gasteiger partial charge in [0.1, 0.15) is 0 Å². The van der Waals surface area contributed by atoms with Gasteiger partial charge in [-0.05, 0) is 38.8 Å². The maximum absolute atomic E-state index is 10.8. The molecule has 0 radical (unpaired) electrons. The molecule has 0 saturated heterocycles. The molecule has 1 N–H and O–H groups in total. The van der Waals surface area contributed by atoms with Crippen LogP contribution in [0.3, 0.4) is 0 Å². The van der Waals surface area contributed by atoms with Crippen LogP contribution in [0, 0.1) is 0 Å². The van der Waals surface area contributed by atoms with Crippen LogP contribution < -0.4 is 0 Å². The van der Waals surface area contributed by atoms with E-state index in [0.29, 0.717) is 11.6 Å². The molecule has 5 heteroatoms. The van der Waals surface area contributed by atoms with Gasteiger partial charge in [-0.2, -0.15) is 0 Å². The average molecular weight is 271 g/mol. The smallest absolute Gasteiger partial charge is 0.335 e. The van der Waals surface area contributed by atoms with Crippen molar-refractivity contribution in [3.63, 3.8) is 0 Å². The van der Waals surface area contributed by atoms with Crippen molar-refractivity contribution in [3.05, 3.63) is 34.3 Å². The van der Waals surface area contributed by atoms with Crippen LogP contribution in [-0.2, 0) is 6.54 Å². The number of halogens is 1. The molecule has 1 aromatic rings. The number of carboxylic acid groups (broad SMARTS) is 1. The lowest BCUT2D eigenvalue weighted by molar-refractivity contribution is 0.0697. The standard InChI is InChI=1S/C13H19ClN2O2/c1-15(2)6-7-16(3)9-11-5-4-10(13(17)18)8-12(11)14/h4-5,8H,6-7,9H2,1-3H3,(H,17,18). The van der Waals surface area contributed by atoms with Gasteiger partial charge in [0.2, 0.25) is 0 Å². The molecule has 0 aliphatic rings. The van der Waals surface area contributed by atoms with Crippen LogP contribution in [-0.4, -0.2) is 55.1 Å². The molecule has 0 aromatic heterocycles. The van der Waals surface area contributed by atoms with Crippen LogP contribution in [0.15, 0.2) is 18.2 Å². The van der Waals surface area contributed by atoms with Gasteiger partial charge >= 0.3 is 5.97 Å². The van der Waals surface area contributed by atoms with Crippen LogP contribution in [0.2, 0.25) is 5.02 Å². The fraction of sp³-hybridized carbons (Fsp3) is 0.462. The van der Waals surface area contributed by atoms with Gasteiger partial charge < -0.3 is 14.9 Å². The first-order valence-corrected chi connectivity index (χ1v) is 6.13. The molecule has 0 unspecified atom stereocenters. The fourth-order valence-electron chi connectivity index (χ4n) is 1.55. The van der Waals surface area contributed by atoms with E-state index >= 15 is 0 Å².